The summed E-state index contributed by atoms with van der Waals surface area (Å²) in [6, 6.07) is 3.40. The van der Waals surface area contributed by atoms with E-state index in [0.29, 0.717) is 24.5 Å². The first kappa shape index (κ1) is 13.5. The smallest absolute Gasteiger partial charge is 0.255 e. The van der Waals surface area contributed by atoms with Gasteiger partial charge in [-0.1, -0.05) is 0 Å². The molecular weight excluding hydrogens is 258 g/mol. The fourth-order valence-electron chi connectivity index (χ4n) is 2.43. The average molecular weight is 276 g/mol. The molecule has 107 valence electrons. The zero-order chi connectivity index (χ0) is 13.9. The largest absolute Gasteiger partial charge is 0.345 e. The minimum Gasteiger partial charge on any atom is -0.345 e. The van der Waals surface area contributed by atoms with Crippen molar-refractivity contribution in [2.45, 2.75) is 6.29 Å². The lowest BCUT2D eigenvalue weighted by Gasteiger charge is -2.32. The van der Waals surface area contributed by atoms with Gasteiger partial charge in [-0.25, -0.2) is 4.98 Å². The van der Waals surface area contributed by atoms with Crippen LogP contribution >= 0.6 is 0 Å². The second kappa shape index (κ2) is 5.87. The highest BCUT2D eigenvalue weighted by Gasteiger charge is 2.28. The molecule has 20 heavy (non-hydrogen) atoms. The molecule has 0 bridgehead atoms. The van der Waals surface area contributed by atoms with Crippen molar-refractivity contribution in [1.82, 2.24) is 14.8 Å². The lowest BCUT2D eigenvalue weighted by molar-refractivity contribution is -0.0479. The van der Waals surface area contributed by atoms with Gasteiger partial charge >= 0.3 is 0 Å². The highest BCUT2D eigenvalue weighted by atomic mass is 16.7. The van der Waals surface area contributed by atoms with Crippen molar-refractivity contribution in [2.24, 2.45) is 0 Å². The fourth-order valence-corrected chi connectivity index (χ4v) is 2.43. The van der Waals surface area contributed by atoms with Gasteiger partial charge in [-0.05, 0) is 19.2 Å². The Balaban J connectivity index is 1.80. The van der Waals surface area contributed by atoms with E-state index < -0.39 is 6.29 Å². The first-order valence-corrected chi connectivity index (χ1v) is 6.84. The van der Waals surface area contributed by atoms with Crippen LogP contribution in [0.25, 0.3) is 0 Å². The predicted molar refractivity (Wildman–Crippen MR) is 71.1 cm³/mol. The van der Waals surface area contributed by atoms with Gasteiger partial charge < -0.3 is 19.3 Å². The van der Waals surface area contributed by atoms with Crippen molar-refractivity contribution in [2.75, 3.05) is 46.4 Å². The normalized spacial score (nSPS) is 21.4. The van der Waals surface area contributed by atoms with Crippen molar-refractivity contribution < 1.29 is 14.3 Å². The molecule has 2 fully saturated rings. The van der Waals surface area contributed by atoms with Gasteiger partial charge in [0.25, 0.3) is 5.91 Å². The van der Waals surface area contributed by atoms with Gasteiger partial charge in [-0.2, -0.15) is 0 Å². The van der Waals surface area contributed by atoms with E-state index in [1.807, 2.05) is 4.90 Å². The molecule has 2 aliphatic rings. The number of ether oxygens (including phenoxy) is 2. The highest BCUT2D eigenvalue weighted by molar-refractivity contribution is 5.95. The molecule has 0 unspecified atom stereocenters. The molecule has 2 saturated heterocycles. The summed E-state index contributed by atoms with van der Waals surface area (Å²) in [5.41, 5.74) is 1.09. The molecule has 1 aromatic heterocycles. The van der Waals surface area contributed by atoms with E-state index in [0.717, 1.165) is 26.2 Å². The molecule has 1 amide bonds. The Kier molecular flexibility index (Phi) is 3.95. The van der Waals surface area contributed by atoms with Crippen molar-refractivity contribution in [1.29, 1.82) is 0 Å². The van der Waals surface area contributed by atoms with Crippen molar-refractivity contribution in [3.8, 4) is 0 Å². The van der Waals surface area contributed by atoms with E-state index >= 15 is 0 Å². The quantitative estimate of drug-likeness (QED) is 0.778. The Hall–Kier alpha value is -1.50. The Bertz CT molecular complexity index is 480. The molecular formula is C14H18N3O3. The summed E-state index contributed by atoms with van der Waals surface area (Å²) < 4.78 is 10.9. The zero-order valence-corrected chi connectivity index (χ0v) is 11.5. The van der Waals surface area contributed by atoms with Crippen LogP contribution in [-0.4, -0.2) is 67.1 Å². The number of amides is 1. The summed E-state index contributed by atoms with van der Waals surface area (Å²) in [6.07, 6.45) is 2.21. The van der Waals surface area contributed by atoms with E-state index in [4.69, 9.17) is 9.47 Å². The molecule has 3 heterocycles. The third-order valence-corrected chi connectivity index (χ3v) is 3.65. The van der Waals surface area contributed by atoms with E-state index in [1.54, 1.807) is 12.1 Å². The fraction of sp³-hybridized carbons (Fsp3) is 0.571. The molecule has 1 aromatic rings. The van der Waals surface area contributed by atoms with Crippen LogP contribution < -0.4 is 0 Å². The number of hydrogen-bond acceptors (Lipinski definition) is 5. The van der Waals surface area contributed by atoms with Crippen LogP contribution in [0.5, 0.6) is 0 Å². The third-order valence-electron chi connectivity index (χ3n) is 3.65. The van der Waals surface area contributed by atoms with E-state index in [1.165, 1.54) is 0 Å². The number of rotatable bonds is 2. The van der Waals surface area contributed by atoms with E-state index in [2.05, 4.69) is 23.1 Å². The molecule has 0 aromatic carbocycles. The lowest BCUT2D eigenvalue weighted by Crippen LogP contribution is -2.47. The molecule has 6 nitrogen and oxygen atoms in total. The number of pyridine rings is 1. The van der Waals surface area contributed by atoms with Gasteiger partial charge in [-0.15, -0.1) is 0 Å². The molecule has 2 aliphatic heterocycles. The summed E-state index contributed by atoms with van der Waals surface area (Å²) in [5, 5.41) is 0. The number of aromatic nitrogens is 1. The maximum Gasteiger partial charge on any atom is 0.255 e. The molecule has 0 aliphatic carbocycles. The van der Waals surface area contributed by atoms with E-state index in [-0.39, 0.29) is 5.91 Å². The number of likely N-dealkylation sites (N-methyl/N-ethyl adjacent to an activating group) is 1. The Morgan fingerprint density at radius 2 is 2.00 bits per heavy atom. The zero-order valence-electron chi connectivity index (χ0n) is 11.5. The summed E-state index contributed by atoms with van der Waals surface area (Å²) in [7, 11) is 2.06. The number of nitrogens with zero attached hydrogens (tertiary/aromatic N) is 3. The monoisotopic (exact) mass is 276 g/mol. The lowest BCUT2D eigenvalue weighted by atomic mass is 10.1. The van der Waals surface area contributed by atoms with Gasteiger partial charge in [0.2, 0.25) is 6.29 Å². The Labute approximate surface area is 118 Å². The minimum atomic E-state index is -0.543. The Morgan fingerprint density at radius 3 is 2.70 bits per heavy atom. The van der Waals surface area contributed by atoms with Crippen LogP contribution in [0, 0.1) is 6.20 Å². The molecule has 6 heteroatoms. The first-order chi connectivity index (χ1) is 9.75. The standard InChI is InChI=1S/C14H18N3O3/c1-16-5-7-17(8-6-16)13(18)11-3-2-4-15-12(11)14-19-9-10-20-14/h2-3,14H,5-10H2,1H3. The van der Waals surface area contributed by atoms with Crippen LogP contribution in [0.4, 0.5) is 0 Å². The molecule has 0 saturated carbocycles. The average Bonchev–Trinajstić information content (AvgIpc) is 3.01. The molecule has 0 atom stereocenters. The second-order valence-electron chi connectivity index (χ2n) is 5.04. The van der Waals surface area contributed by atoms with Crippen LogP contribution in [0.15, 0.2) is 12.1 Å². The van der Waals surface area contributed by atoms with E-state index in [9.17, 15) is 4.79 Å². The van der Waals surface area contributed by atoms with Crippen molar-refractivity contribution in [3.05, 3.63) is 29.6 Å². The topological polar surface area (TPSA) is 54.9 Å². The number of hydrogen-bond donors (Lipinski definition) is 0. The molecule has 1 radical (unpaired) electrons. The minimum absolute atomic E-state index is 0.00583. The second-order valence-corrected chi connectivity index (χ2v) is 5.04. The van der Waals surface area contributed by atoms with Crippen LogP contribution in [-0.2, 0) is 9.47 Å². The number of piperazine rings is 1. The van der Waals surface area contributed by atoms with Gasteiger partial charge in [0.15, 0.2) is 0 Å². The summed E-state index contributed by atoms with van der Waals surface area (Å²) in [6.45, 7) is 4.32. The van der Waals surface area contributed by atoms with Crippen LogP contribution in [0.3, 0.4) is 0 Å². The van der Waals surface area contributed by atoms with Gasteiger partial charge in [0.1, 0.15) is 5.69 Å². The molecule has 3 rings (SSSR count). The van der Waals surface area contributed by atoms with Crippen LogP contribution in [0.2, 0.25) is 0 Å². The number of carbonyl (C=O) groups is 1. The van der Waals surface area contributed by atoms with Gasteiger partial charge in [0, 0.05) is 26.2 Å². The highest BCUT2D eigenvalue weighted by Crippen LogP contribution is 2.25. The maximum atomic E-state index is 12.6. The van der Waals surface area contributed by atoms with Crippen molar-refractivity contribution >= 4 is 5.91 Å². The van der Waals surface area contributed by atoms with Gasteiger partial charge in [-0.3, -0.25) is 4.79 Å². The third kappa shape index (κ3) is 2.67. The predicted octanol–water partition coefficient (Wildman–Crippen LogP) is 0.315. The van der Waals surface area contributed by atoms with Crippen LogP contribution in [0.1, 0.15) is 22.3 Å². The summed E-state index contributed by atoms with van der Waals surface area (Å²) in [5.74, 6) is -0.00583. The SMILES string of the molecule is CN1CCN(C(=O)c2cc[c]nc2C2OCCO2)CC1. The summed E-state index contributed by atoms with van der Waals surface area (Å²) >= 11 is 0. The maximum absolute atomic E-state index is 12.6. The molecule has 0 N–H and O–H groups in total. The number of carbonyl (C=O) groups excluding carboxylic acids is 1. The van der Waals surface area contributed by atoms with Crippen molar-refractivity contribution in [3.63, 3.8) is 0 Å². The summed E-state index contributed by atoms with van der Waals surface area (Å²) in [4.78, 5) is 20.9. The first-order valence-electron chi connectivity index (χ1n) is 6.84. The molecule has 0 spiro atoms. The Morgan fingerprint density at radius 1 is 1.30 bits per heavy atom. The van der Waals surface area contributed by atoms with Gasteiger partial charge in [0.05, 0.1) is 25.0 Å².